The first kappa shape index (κ1) is 14.8. The van der Waals surface area contributed by atoms with Crippen LogP contribution in [0, 0.1) is 0 Å². The van der Waals surface area contributed by atoms with Gasteiger partial charge in [0.15, 0.2) is 0 Å². The first-order valence-corrected chi connectivity index (χ1v) is 8.53. The second-order valence-corrected chi connectivity index (χ2v) is 6.09. The van der Waals surface area contributed by atoms with Crippen LogP contribution in [0.1, 0.15) is 29.4 Å². The number of aryl methyl sites for hydroxylation is 1. The fraction of sp³-hybridized carbons (Fsp3) is 0.357. The maximum atomic E-state index is 12.0. The van der Waals surface area contributed by atoms with Crippen molar-refractivity contribution in [1.29, 1.82) is 0 Å². The molecule has 1 aromatic carbocycles. The predicted octanol–water partition coefficient (Wildman–Crippen LogP) is 4.47. The number of nitrogens with one attached hydrogen (secondary N) is 1. The van der Waals surface area contributed by atoms with Gasteiger partial charge in [-0.15, -0.1) is 0 Å². The van der Waals surface area contributed by atoms with Crippen LogP contribution < -0.4 is 0 Å². The van der Waals surface area contributed by atoms with Gasteiger partial charge in [-0.25, -0.2) is 4.79 Å². The number of benzene rings is 1. The smallest absolute Gasteiger partial charge is 0.355 e. The van der Waals surface area contributed by atoms with Gasteiger partial charge in [0.1, 0.15) is 5.69 Å². The van der Waals surface area contributed by atoms with E-state index in [4.69, 9.17) is 4.74 Å². The highest BCUT2D eigenvalue weighted by atomic mass is 127. The lowest BCUT2D eigenvalue weighted by Gasteiger charge is -2.03. The summed E-state index contributed by atoms with van der Waals surface area (Å²) in [6, 6.07) is 6.00. The van der Waals surface area contributed by atoms with Gasteiger partial charge in [-0.3, -0.25) is 0 Å². The largest absolute Gasteiger partial charge is 0.461 e. The third-order valence-corrected chi connectivity index (χ3v) is 4.35. The number of aromatic nitrogens is 1. The van der Waals surface area contributed by atoms with Crippen molar-refractivity contribution in [3.05, 3.63) is 33.9 Å². The van der Waals surface area contributed by atoms with Crippen LogP contribution in [0.25, 0.3) is 10.9 Å². The molecule has 19 heavy (non-hydrogen) atoms. The van der Waals surface area contributed by atoms with Gasteiger partial charge < -0.3 is 9.72 Å². The highest BCUT2D eigenvalue weighted by Crippen LogP contribution is 2.29. The van der Waals surface area contributed by atoms with Gasteiger partial charge in [-0.1, -0.05) is 34.7 Å². The molecule has 0 bridgehead atoms. The second kappa shape index (κ2) is 6.74. The molecule has 2 rings (SSSR count). The number of esters is 1. The van der Waals surface area contributed by atoms with Gasteiger partial charge in [0, 0.05) is 9.86 Å². The minimum Gasteiger partial charge on any atom is -0.461 e. The van der Waals surface area contributed by atoms with Crippen LogP contribution in [0.5, 0.6) is 0 Å². The van der Waals surface area contributed by atoms with E-state index < -0.39 is 0 Å². The lowest BCUT2D eigenvalue weighted by atomic mass is 10.1. The quantitative estimate of drug-likeness (QED) is 0.427. The molecule has 102 valence electrons. The van der Waals surface area contributed by atoms with Gasteiger partial charge in [-0.2, -0.15) is 0 Å². The fourth-order valence-electron chi connectivity index (χ4n) is 2.12. The molecule has 0 fully saturated rings. The topological polar surface area (TPSA) is 42.1 Å². The number of rotatable bonds is 5. The average Bonchev–Trinajstić information content (AvgIpc) is 2.77. The predicted molar refractivity (Wildman–Crippen MR) is 89.2 cm³/mol. The monoisotopic (exact) mass is 435 g/mol. The molecule has 0 radical (unpaired) electrons. The van der Waals surface area contributed by atoms with Gasteiger partial charge in [0.25, 0.3) is 0 Å². The summed E-state index contributed by atoms with van der Waals surface area (Å²) in [5, 5.41) is 1.10. The SMILES string of the molecule is CCOC(=O)c1[nH]c2c(Br)cccc2c1CCCI. The zero-order valence-corrected chi connectivity index (χ0v) is 14.4. The highest BCUT2D eigenvalue weighted by Gasteiger charge is 2.19. The number of alkyl halides is 1. The molecule has 0 saturated heterocycles. The standard InChI is InChI=1S/C14H15BrINO2/c1-2-19-14(18)13-10(6-4-8-16)9-5-3-7-11(15)12(9)17-13/h3,5,7,17H,2,4,6,8H2,1H3. The molecule has 0 aliphatic rings. The number of carbonyl (C=O) groups is 1. The summed E-state index contributed by atoms with van der Waals surface area (Å²) in [6.45, 7) is 2.21. The number of hydrogen-bond acceptors (Lipinski definition) is 2. The minimum atomic E-state index is -0.269. The molecule has 0 aliphatic carbocycles. The van der Waals surface area contributed by atoms with Crippen LogP contribution in [0.15, 0.2) is 22.7 Å². The van der Waals surface area contributed by atoms with Gasteiger partial charge in [0.05, 0.1) is 12.1 Å². The molecule has 3 nitrogen and oxygen atoms in total. The van der Waals surface area contributed by atoms with Crippen molar-refractivity contribution in [2.24, 2.45) is 0 Å². The van der Waals surface area contributed by atoms with Crippen molar-refractivity contribution in [1.82, 2.24) is 4.98 Å². The van der Waals surface area contributed by atoms with Gasteiger partial charge in [-0.05, 0) is 51.8 Å². The van der Waals surface area contributed by atoms with E-state index in [1.165, 1.54) is 0 Å². The van der Waals surface area contributed by atoms with Crippen LogP contribution in [0.2, 0.25) is 0 Å². The van der Waals surface area contributed by atoms with Crippen molar-refractivity contribution in [2.45, 2.75) is 19.8 Å². The Morgan fingerprint density at radius 3 is 2.95 bits per heavy atom. The first-order valence-electron chi connectivity index (χ1n) is 6.21. The molecule has 0 aliphatic heterocycles. The Hall–Kier alpha value is -0.560. The maximum absolute atomic E-state index is 12.0. The Morgan fingerprint density at radius 1 is 1.47 bits per heavy atom. The first-order chi connectivity index (χ1) is 9.19. The molecule has 0 amide bonds. The number of ether oxygens (including phenoxy) is 1. The van der Waals surface area contributed by atoms with Crippen molar-refractivity contribution in [2.75, 3.05) is 11.0 Å². The number of aromatic amines is 1. The molecule has 0 atom stereocenters. The second-order valence-electron chi connectivity index (χ2n) is 4.15. The van der Waals surface area contributed by atoms with Crippen molar-refractivity contribution in [3.8, 4) is 0 Å². The summed E-state index contributed by atoms with van der Waals surface area (Å²) < 4.78 is 7.17. The fourth-order valence-corrected chi connectivity index (χ4v) is 2.97. The molecule has 0 saturated carbocycles. The summed E-state index contributed by atoms with van der Waals surface area (Å²) in [6.07, 6.45) is 1.93. The highest BCUT2D eigenvalue weighted by molar-refractivity contribution is 14.1. The number of carbonyl (C=O) groups excluding carboxylic acids is 1. The Bertz CT molecular complexity index is 594. The summed E-state index contributed by atoms with van der Waals surface area (Å²) in [5.41, 5.74) is 2.62. The van der Waals surface area contributed by atoms with Gasteiger partial charge >= 0.3 is 5.97 Å². The van der Waals surface area contributed by atoms with E-state index in [9.17, 15) is 4.79 Å². The van der Waals surface area contributed by atoms with E-state index in [1.807, 2.05) is 25.1 Å². The number of para-hydroxylation sites is 1. The van der Waals surface area contributed by atoms with Crippen molar-refractivity contribution >= 4 is 55.4 Å². The Kier molecular flexibility index (Phi) is 5.27. The Balaban J connectivity index is 2.54. The molecule has 1 N–H and O–H groups in total. The molecule has 2 aromatic rings. The maximum Gasteiger partial charge on any atom is 0.355 e. The van der Waals surface area contributed by atoms with Crippen LogP contribution in [-0.4, -0.2) is 22.0 Å². The average molecular weight is 436 g/mol. The molecule has 1 heterocycles. The molecular weight excluding hydrogens is 421 g/mol. The minimum absolute atomic E-state index is 0.269. The van der Waals surface area contributed by atoms with E-state index in [0.717, 1.165) is 38.2 Å². The van der Waals surface area contributed by atoms with Crippen LogP contribution >= 0.6 is 38.5 Å². The van der Waals surface area contributed by atoms with Crippen molar-refractivity contribution in [3.63, 3.8) is 0 Å². The Morgan fingerprint density at radius 2 is 2.26 bits per heavy atom. The van der Waals surface area contributed by atoms with Crippen LogP contribution in [0.3, 0.4) is 0 Å². The summed E-state index contributed by atoms with van der Waals surface area (Å²) in [4.78, 5) is 15.2. The van der Waals surface area contributed by atoms with E-state index in [-0.39, 0.29) is 5.97 Å². The molecule has 1 aromatic heterocycles. The molecule has 0 spiro atoms. The van der Waals surface area contributed by atoms with E-state index >= 15 is 0 Å². The van der Waals surface area contributed by atoms with Crippen LogP contribution in [-0.2, 0) is 11.2 Å². The zero-order valence-electron chi connectivity index (χ0n) is 10.6. The molecule has 0 unspecified atom stereocenters. The van der Waals surface area contributed by atoms with E-state index in [2.05, 4.69) is 43.5 Å². The van der Waals surface area contributed by atoms with Crippen LogP contribution in [0.4, 0.5) is 0 Å². The molecule has 5 heteroatoms. The molecular formula is C14H15BrINO2. The normalized spacial score (nSPS) is 10.9. The number of halogens is 2. The summed E-state index contributed by atoms with van der Waals surface area (Å²) >= 11 is 5.87. The van der Waals surface area contributed by atoms with E-state index in [0.29, 0.717) is 12.3 Å². The lowest BCUT2D eigenvalue weighted by Crippen LogP contribution is -2.08. The summed E-state index contributed by atoms with van der Waals surface area (Å²) in [5.74, 6) is -0.269. The zero-order chi connectivity index (χ0) is 13.8. The number of hydrogen-bond donors (Lipinski definition) is 1. The number of fused-ring (bicyclic) bond motifs is 1. The van der Waals surface area contributed by atoms with Crippen molar-refractivity contribution < 1.29 is 9.53 Å². The number of H-pyrrole nitrogens is 1. The third kappa shape index (κ3) is 3.13. The van der Waals surface area contributed by atoms with Gasteiger partial charge in [0.2, 0.25) is 0 Å². The third-order valence-electron chi connectivity index (χ3n) is 2.93. The summed E-state index contributed by atoms with van der Waals surface area (Å²) in [7, 11) is 0. The lowest BCUT2D eigenvalue weighted by molar-refractivity contribution is 0.0519. The Labute approximate surface area is 134 Å². The van der Waals surface area contributed by atoms with E-state index in [1.54, 1.807) is 0 Å².